The van der Waals surface area contributed by atoms with Crippen LogP contribution in [0.4, 0.5) is 10.5 Å². The molecule has 0 radical (unpaired) electrons. The molecule has 15 heavy (non-hydrogen) atoms. The minimum atomic E-state index is -0.461. The molecule has 0 spiro atoms. The van der Waals surface area contributed by atoms with Gasteiger partial charge in [-0.25, -0.2) is 4.79 Å². The van der Waals surface area contributed by atoms with Crippen LogP contribution in [-0.4, -0.2) is 19.5 Å². The molecule has 1 amide bonds. The number of methoxy groups -OCH3 is 1. The normalized spacial score (nSPS) is 9.80. The lowest BCUT2D eigenvalue weighted by atomic mass is 10.3. The van der Waals surface area contributed by atoms with Gasteiger partial charge in [-0.15, -0.1) is 0 Å². The van der Waals surface area contributed by atoms with Crippen molar-refractivity contribution in [3.05, 3.63) is 22.7 Å². The van der Waals surface area contributed by atoms with Crippen molar-refractivity contribution in [1.29, 1.82) is 0 Å². The second-order valence-corrected chi connectivity index (χ2v) is 5.81. The van der Waals surface area contributed by atoms with Crippen LogP contribution in [0, 0.1) is 0 Å². The van der Waals surface area contributed by atoms with Crippen LogP contribution in [0.3, 0.4) is 0 Å². The van der Waals surface area contributed by atoms with Crippen LogP contribution in [0.25, 0.3) is 0 Å². The minimum absolute atomic E-state index is 0.461. The lowest BCUT2D eigenvalue weighted by Crippen LogP contribution is -2.10. The van der Waals surface area contributed by atoms with Crippen molar-refractivity contribution >= 4 is 49.3 Å². The highest BCUT2D eigenvalue weighted by Gasteiger charge is 2.04. The Bertz CT molecular complexity index is 360. The average Bonchev–Trinajstić information content (AvgIpc) is 2.23. The van der Waals surface area contributed by atoms with E-state index in [0.717, 1.165) is 15.1 Å². The fourth-order valence-corrected chi connectivity index (χ4v) is 3.17. The van der Waals surface area contributed by atoms with Crippen LogP contribution in [0.2, 0.25) is 0 Å². The van der Waals surface area contributed by atoms with Crippen molar-refractivity contribution < 1.29 is 9.53 Å². The van der Waals surface area contributed by atoms with Gasteiger partial charge in [0.1, 0.15) is 0 Å². The van der Waals surface area contributed by atoms with Gasteiger partial charge in [-0.2, -0.15) is 0 Å². The number of hydrogen-bond donors (Lipinski definition) is 1. The van der Waals surface area contributed by atoms with Crippen molar-refractivity contribution in [2.24, 2.45) is 0 Å². The molecule has 0 bridgehead atoms. The standard InChI is InChI=1S/C9H10BrNO2S2/c1-13-9(12)11-6-3-4-7(10)8(5-6)15-14-2/h3-5H,1-2H3,(H,11,12). The molecule has 0 fully saturated rings. The van der Waals surface area contributed by atoms with Gasteiger partial charge in [0.25, 0.3) is 0 Å². The number of halogens is 1. The Hall–Kier alpha value is -0.330. The number of carbonyl (C=O) groups is 1. The highest BCUT2D eigenvalue weighted by atomic mass is 79.9. The number of rotatable bonds is 3. The number of amides is 1. The van der Waals surface area contributed by atoms with E-state index in [2.05, 4.69) is 26.0 Å². The first-order valence-corrected chi connectivity index (χ1v) is 7.37. The summed E-state index contributed by atoms with van der Waals surface area (Å²) in [5.41, 5.74) is 0.724. The number of benzene rings is 1. The van der Waals surface area contributed by atoms with E-state index in [4.69, 9.17) is 0 Å². The molecule has 0 aromatic heterocycles. The Labute approximate surface area is 105 Å². The van der Waals surface area contributed by atoms with Gasteiger partial charge in [0, 0.05) is 15.1 Å². The highest BCUT2D eigenvalue weighted by Crippen LogP contribution is 2.36. The molecule has 0 aliphatic heterocycles. The molecule has 1 N–H and O–H groups in total. The number of hydrogen-bond acceptors (Lipinski definition) is 4. The van der Waals surface area contributed by atoms with Crippen molar-refractivity contribution in [3.8, 4) is 0 Å². The molecule has 0 saturated carbocycles. The Morgan fingerprint density at radius 2 is 2.27 bits per heavy atom. The number of anilines is 1. The first kappa shape index (κ1) is 12.7. The number of carbonyl (C=O) groups excluding carboxylic acids is 1. The Morgan fingerprint density at radius 3 is 2.87 bits per heavy atom. The maximum Gasteiger partial charge on any atom is 0.411 e. The first-order valence-electron chi connectivity index (χ1n) is 4.02. The second-order valence-electron chi connectivity index (χ2n) is 2.51. The third kappa shape index (κ3) is 3.96. The van der Waals surface area contributed by atoms with Crippen molar-refractivity contribution in [1.82, 2.24) is 0 Å². The van der Waals surface area contributed by atoms with E-state index in [0.29, 0.717) is 0 Å². The second kappa shape index (κ2) is 6.30. The quantitative estimate of drug-likeness (QED) is 0.857. The first-order chi connectivity index (χ1) is 7.17. The predicted molar refractivity (Wildman–Crippen MR) is 69.5 cm³/mol. The van der Waals surface area contributed by atoms with Crippen LogP contribution >= 0.6 is 37.5 Å². The summed E-state index contributed by atoms with van der Waals surface area (Å²) < 4.78 is 5.52. The smallest absolute Gasteiger partial charge is 0.411 e. The summed E-state index contributed by atoms with van der Waals surface area (Å²) in [6.07, 6.45) is 1.54. The van der Waals surface area contributed by atoms with Gasteiger partial charge < -0.3 is 4.74 Å². The zero-order valence-corrected chi connectivity index (χ0v) is 11.5. The van der Waals surface area contributed by atoms with Gasteiger partial charge in [-0.05, 0) is 40.4 Å². The zero-order chi connectivity index (χ0) is 11.3. The third-order valence-electron chi connectivity index (χ3n) is 1.54. The van der Waals surface area contributed by atoms with Crippen molar-refractivity contribution in [3.63, 3.8) is 0 Å². The summed E-state index contributed by atoms with van der Waals surface area (Å²) in [5.74, 6) is 0. The third-order valence-corrected chi connectivity index (χ3v) is 4.21. The zero-order valence-electron chi connectivity index (χ0n) is 8.24. The van der Waals surface area contributed by atoms with E-state index in [-0.39, 0.29) is 0 Å². The molecule has 0 aliphatic rings. The van der Waals surface area contributed by atoms with E-state index in [1.165, 1.54) is 7.11 Å². The Morgan fingerprint density at radius 1 is 1.53 bits per heavy atom. The van der Waals surface area contributed by atoms with Crippen molar-refractivity contribution in [2.45, 2.75) is 4.90 Å². The molecule has 0 unspecified atom stereocenters. The molecule has 0 heterocycles. The van der Waals surface area contributed by atoms with Crippen LogP contribution in [0.15, 0.2) is 27.6 Å². The van der Waals surface area contributed by atoms with Crippen molar-refractivity contribution in [2.75, 3.05) is 18.7 Å². The SMILES string of the molecule is COC(=O)Nc1ccc(Br)c(SSC)c1. The van der Waals surface area contributed by atoms with Gasteiger partial charge in [-0.1, -0.05) is 21.6 Å². The molecule has 6 heteroatoms. The van der Waals surface area contributed by atoms with Crippen LogP contribution < -0.4 is 5.32 Å². The van der Waals surface area contributed by atoms with Gasteiger partial charge in [0.05, 0.1) is 7.11 Å². The highest BCUT2D eigenvalue weighted by molar-refractivity contribution is 9.10. The summed E-state index contributed by atoms with van der Waals surface area (Å²) in [5, 5.41) is 2.61. The van der Waals surface area contributed by atoms with Gasteiger partial charge in [-0.3, -0.25) is 5.32 Å². The van der Waals surface area contributed by atoms with Crippen LogP contribution in [-0.2, 0) is 4.74 Å². The van der Waals surface area contributed by atoms with Crippen LogP contribution in [0.5, 0.6) is 0 Å². The van der Waals surface area contributed by atoms with E-state index in [1.807, 2.05) is 24.5 Å². The molecule has 1 aromatic carbocycles. The molecule has 0 saturated heterocycles. The van der Waals surface area contributed by atoms with Crippen LogP contribution in [0.1, 0.15) is 0 Å². The largest absolute Gasteiger partial charge is 0.453 e. The van der Waals surface area contributed by atoms with Gasteiger partial charge in [0.15, 0.2) is 0 Å². The lowest BCUT2D eigenvalue weighted by molar-refractivity contribution is 0.187. The lowest BCUT2D eigenvalue weighted by Gasteiger charge is -2.06. The number of ether oxygens (including phenoxy) is 1. The Balaban J connectivity index is 2.82. The molecular formula is C9H10BrNO2S2. The van der Waals surface area contributed by atoms with E-state index in [1.54, 1.807) is 21.6 Å². The number of nitrogens with one attached hydrogen (secondary N) is 1. The van der Waals surface area contributed by atoms with E-state index in [9.17, 15) is 4.79 Å². The molecule has 1 aromatic rings. The molecule has 82 valence electrons. The predicted octanol–water partition coefficient (Wildman–Crippen LogP) is 4.00. The van der Waals surface area contributed by atoms with E-state index >= 15 is 0 Å². The van der Waals surface area contributed by atoms with E-state index < -0.39 is 6.09 Å². The summed E-state index contributed by atoms with van der Waals surface area (Å²) in [6.45, 7) is 0. The molecule has 1 rings (SSSR count). The topological polar surface area (TPSA) is 38.3 Å². The fourth-order valence-electron chi connectivity index (χ4n) is 0.904. The maximum absolute atomic E-state index is 11.0. The molecule has 0 atom stereocenters. The molecular weight excluding hydrogens is 298 g/mol. The van der Waals surface area contributed by atoms with Gasteiger partial charge in [0.2, 0.25) is 0 Å². The fraction of sp³-hybridized carbons (Fsp3) is 0.222. The van der Waals surface area contributed by atoms with Gasteiger partial charge >= 0.3 is 6.09 Å². The Kier molecular flexibility index (Phi) is 5.35. The summed E-state index contributed by atoms with van der Waals surface area (Å²) in [4.78, 5) is 12.0. The summed E-state index contributed by atoms with van der Waals surface area (Å²) in [6, 6.07) is 5.59. The molecule has 0 aliphatic carbocycles. The minimum Gasteiger partial charge on any atom is -0.453 e. The monoisotopic (exact) mass is 307 g/mol. The summed E-state index contributed by atoms with van der Waals surface area (Å²) in [7, 11) is 4.61. The maximum atomic E-state index is 11.0. The summed E-state index contributed by atoms with van der Waals surface area (Å²) >= 11 is 3.44. The average molecular weight is 308 g/mol. The molecule has 3 nitrogen and oxygen atoms in total.